The fourth-order valence-corrected chi connectivity index (χ4v) is 3.21. The summed E-state index contributed by atoms with van der Waals surface area (Å²) in [5.41, 5.74) is 9.25. The molecule has 0 saturated heterocycles. The Bertz CT molecular complexity index is 655. The minimum absolute atomic E-state index is 0.320. The quantitative estimate of drug-likeness (QED) is 0.886. The van der Waals surface area contributed by atoms with Crippen LogP contribution >= 0.6 is 15.9 Å². The standard InChI is InChI=1S/C16H19BrN4/c1-9-7-12(8-10(2)13(9)17)15-19-14(20-16(18)21-15)11-5-3-4-6-11/h7-8,11H,3-6H2,1-2H3,(H2,18,19,20,21). The van der Waals surface area contributed by atoms with Gasteiger partial charge < -0.3 is 5.73 Å². The Morgan fingerprint density at radius 2 is 1.67 bits per heavy atom. The maximum atomic E-state index is 5.90. The van der Waals surface area contributed by atoms with Crippen LogP contribution in [0.15, 0.2) is 16.6 Å². The molecule has 2 N–H and O–H groups in total. The maximum Gasteiger partial charge on any atom is 0.223 e. The minimum atomic E-state index is 0.320. The van der Waals surface area contributed by atoms with Gasteiger partial charge in [-0.3, -0.25) is 0 Å². The molecule has 1 saturated carbocycles. The predicted molar refractivity (Wildman–Crippen MR) is 88.1 cm³/mol. The van der Waals surface area contributed by atoms with Crippen LogP contribution in [-0.4, -0.2) is 15.0 Å². The number of halogens is 1. The van der Waals surface area contributed by atoms with Crippen molar-refractivity contribution in [1.29, 1.82) is 0 Å². The van der Waals surface area contributed by atoms with E-state index in [0.29, 0.717) is 17.7 Å². The van der Waals surface area contributed by atoms with E-state index in [1.54, 1.807) is 0 Å². The molecule has 0 spiro atoms. The number of aromatic nitrogens is 3. The summed E-state index contributed by atoms with van der Waals surface area (Å²) in [5, 5.41) is 0. The average Bonchev–Trinajstić information content (AvgIpc) is 2.97. The Morgan fingerprint density at radius 3 is 2.29 bits per heavy atom. The van der Waals surface area contributed by atoms with Gasteiger partial charge in [0.1, 0.15) is 5.82 Å². The summed E-state index contributed by atoms with van der Waals surface area (Å²) in [7, 11) is 0. The molecule has 21 heavy (non-hydrogen) atoms. The smallest absolute Gasteiger partial charge is 0.223 e. The van der Waals surface area contributed by atoms with Crippen LogP contribution in [-0.2, 0) is 0 Å². The Hall–Kier alpha value is -1.49. The summed E-state index contributed by atoms with van der Waals surface area (Å²) in [6.45, 7) is 4.14. The number of benzene rings is 1. The van der Waals surface area contributed by atoms with Gasteiger partial charge in [0.05, 0.1) is 0 Å². The first-order valence-electron chi connectivity index (χ1n) is 7.33. The lowest BCUT2D eigenvalue weighted by Gasteiger charge is -2.11. The molecule has 4 nitrogen and oxygen atoms in total. The molecule has 1 heterocycles. The van der Waals surface area contributed by atoms with E-state index in [1.165, 1.54) is 24.0 Å². The molecule has 1 aliphatic carbocycles. The summed E-state index contributed by atoms with van der Waals surface area (Å²) in [5.74, 6) is 2.29. The number of nitrogen functional groups attached to an aromatic ring is 1. The van der Waals surface area contributed by atoms with Crippen molar-refractivity contribution >= 4 is 21.9 Å². The van der Waals surface area contributed by atoms with Crippen LogP contribution in [0.5, 0.6) is 0 Å². The van der Waals surface area contributed by atoms with E-state index >= 15 is 0 Å². The fraction of sp³-hybridized carbons (Fsp3) is 0.438. The molecular weight excluding hydrogens is 328 g/mol. The van der Waals surface area contributed by atoms with Gasteiger partial charge in [-0.05, 0) is 49.9 Å². The van der Waals surface area contributed by atoms with Crippen molar-refractivity contribution in [2.45, 2.75) is 45.4 Å². The zero-order chi connectivity index (χ0) is 15.0. The SMILES string of the molecule is Cc1cc(-c2nc(N)nc(C3CCCC3)n2)cc(C)c1Br. The van der Waals surface area contributed by atoms with Crippen LogP contribution in [0, 0.1) is 13.8 Å². The Kier molecular flexibility index (Phi) is 3.93. The van der Waals surface area contributed by atoms with Crippen LogP contribution in [0.1, 0.15) is 48.6 Å². The van der Waals surface area contributed by atoms with Crippen molar-refractivity contribution in [3.63, 3.8) is 0 Å². The number of anilines is 1. The summed E-state index contributed by atoms with van der Waals surface area (Å²) in [6.07, 6.45) is 4.81. The lowest BCUT2D eigenvalue weighted by molar-refractivity contribution is 0.665. The number of nitrogens with two attached hydrogens (primary N) is 1. The molecule has 0 unspecified atom stereocenters. The molecule has 0 amide bonds. The lowest BCUT2D eigenvalue weighted by Crippen LogP contribution is -2.08. The third kappa shape index (κ3) is 2.93. The largest absolute Gasteiger partial charge is 0.368 e. The van der Waals surface area contributed by atoms with E-state index < -0.39 is 0 Å². The van der Waals surface area contributed by atoms with Crippen molar-refractivity contribution in [2.24, 2.45) is 0 Å². The molecule has 1 fully saturated rings. The second kappa shape index (κ2) is 5.72. The first-order valence-corrected chi connectivity index (χ1v) is 8.12. The molecule has 1 aliphatic rings. The fourth-order valence-electron chi connectivity index (χ4n) is 2.98. The second-order valence-corrected chi connectivity index (χ2v) is 6.57. The van der Waals surface area contributed by atoms with Crippen molar-refractivity contribution in [3.8, 4) is 11.4 Å². The third-order valence-corrected chi connectivity index (χ3v) is 5.34. The summed E-state index contributed by atoms with van der Waals surface area (Å²) in [4.78, 5) is 13.4. The monoisotopic (exact) mass is 346 g/mol. The van der Waals surface area contributed by atoms with E-state index in [0.717, 1.165) is 28.7 Å². The van der Waals surface area contributed by atoms with Gasteiger partial charge in [-0.1, -0.05) is 28.8 Å². The number of hydrogen-bond donors (Lipinski definition) is 1. The molecule has 2 aromatic rings. The van der Waals surface area contributed by atoms with E-state index in [2.05, 4.69) is 56.9 Å². The minimum Gasteiger partial charge on any atom is -0.368 e. The van der Waals surface area contributed by atoms with E-state index in [9.17, 15) is 0 Å². The van der Waals surface area contributed by atoms with Gasteiger partial charge in [0, 0.05) is 16.0 Å². The van der Waals surface area contributed by atoms with Crippen molar-refractivity contribution in [2.75, 3.05) is 5.73 Å². The van der Waals surface area contributed by atoms with Crippen molar-refractivity contribution in [3.05, 3.63) is 33.6 Å². The average molecular weight is 347 g/mol. The third-order valence-electron chi connectivity index (χ3n) is 4.08. The predicted octanol–water partition coefficient (Wildman–Crippen LogP) is 4.16. The molecule has 5 heteroatoms. The normalized spacial score (nSPS) is 15.6. The van der Waals surface area contributed by atoms with Gasteiger partial charge in [0.15, 0.2) is 5.82 Å². The first kappa shape index (κ1) is 14.4. The summed E-state index contributed by atoms with van der Waals surface area (Å²) >= 11 is 3.59. The maximum absolute atomic E-state index is 5.90. The van der Waals surface area contributed by atoms with E-state index in [1.807, 2.05) is 0 Å². The molecule has 110 valence electrons. The molecular formula is C16H19BrN4. The van der Waals surface area contributed by atoms with E-state index in [-0.39, 0.29) is 0 Å². The molecule has 0 aliphatic heterocycles. The molecule has 0 atom stereocenters. The molecule has 0 radical (unpaired) electrons. The van der Waals surface area contributed by atoms with Gasteiger partial charge in [-0.2, -0.15) is 9.97 Å². The van der Waals surface area contributed by atoms with Gasteiger partial charge in [0.25, 0.3) is 0 Å². The molecule has 3 rings (SSSR count). The molecule has 1 aromatic heterocycles. The molecule has 0 bridgehead atoms. The topological polar surface area (TPSA) is 64.7 Å². The Labute approximate surface area is 133 Å². The number of rotatable bonds is 2. The lowest BCUT2D eigenvalue weighted by atomic mass is 10.1. The molecule has 1 aromatic carbocycles. The second-order valence-electron chi connectivity index (χ2n) is 5.78. The van der Waals surface area contributed by atoms with Crippen LogP contribution in [0.2, 0.25) is 0 Å². The van der Waals surface area contributed by atoms with Crippen molar-refractivity contribution < 1.29 is 0 Å². The highest BCUT2D eigenvalue weighted by molar-refractivity contribution is 9.10. The van der Waals surface area contributed by atoms with E-state index in [4.69, 9.17) is 5.73 Å². The van der Waals surface area contributed by atoms with Gasteiger partial charge in [-0.15, -0.1) is 0 Å². The highest BCUT2D eigenvalue weighted by Gasteiger charge is 2.21. The zero-order valence-electron chi connectivity index (χ0n) is 12.4. The van der Waals surface area contributed by atoms with Crippen LogP contribution < -0.4 is 5.73 Å². The summed E-state index contributed by atoms with van der Waals surface area (Å²) in [6, 6.07) is 4.18. The number of nitrogens with zero attached hydrogens (tertiary/aromatic N) is 3. The highest BCUT2D eigenvalue weighted by atomic mass is 79.9. The Morgan fingerprint density at radius 1 is 1.05 bits per heavy atom. The van der Waals surface area contributed by atoms with Crippen LogP contribution in [0.25, 0.3) is 11.4 Å². The van der Waals surface area contributed by atoms with Crippen LogP contribution in [0.4, 0.5) is 5.95 Å². The van der Waals surface area contributed by atoms with Crippen molar-refractivity contribution in [1.82, 2.24) is 15.0 Å². The first-order chi connectivity index (χ1) is 10.0. The van der Waals surface area contributed by atoms with Gasteiger partial charge >= 0.3 is 0 Å². The van der Waals surface area contributed by atoms with Gasteiger partial charge in [-0.25, -0.2) is 4.98 Å². The van der Waals surface area contributed by atoms with Gasteiger partial charge in [0.2, 0.25) is 5.95 Å². The van der Waals surface area contributed by atoms with Crippen LogP contribution in [0.3, 0.4) is 0 Å². The number of hydrogen-bond acceptors (Lipinski definition) is 4. The number of aryl methyl sites for hydroxylation is 2. The highest BCUT2D eigenvalue weighted by Crippen LogP contribution is 2.33. The summed E-state index contributed by atoms with van der Waals surface area (Å²) < 4.78 is 1.13. The zero-order valence-corrected chi connectivity index (χ0v) is 13.9. The Balaban J connectivity index is 2.06.